The molecule has 0 radical (unpaired) electrons. The van der Waals surface area contributed by atoms with Gasteiger partial charge in [-0.2, -0.15) is 0 Å². The predicted octanol–water partition coefficient (Wildman–Crippen LogP) is 3.25. The van der Waals surface area contributed by atoms with Crippen LogP contribution in [0.1, 0.15) is 43.5 Å². The van der Waals surface area contributed by atoms with Crippen molar-refractivity contribution < 1.29 is 0 Å². The first kappa shape index (κ1) is 12.4. The molecule has 0 saturated carbocycles. The molecule has 3 nitrogen and oxygen atoms in total. The van der Waals surface area contributed by atoms with Gasteiger partial charge in [-0.25, -0.2) is 4.98 Å². The monoisotopic (exact) mass is 255 g/mol. The van der Waals surface area contributed by atoms with E-state index in [9.17, 15) is 0 Å². The number of aryl methyl sites for hydroxylation is 1. The highest BCUT2D eigenvalue weighted by Gasteiger charge is 2.20. The first-order valence-corrected chi connectivity index (χ1v) is 7.23. The zero-order chi connectivity index (χ0) is 13.1. The molecule has 0 aliphatic carbocycles. The maximum Gasteiger partial charge on any atom is 0.0994 e. The van der Waals surface area contributed by atoms with E-state index in [-0.39, 0.29) is 0 Å². The van der Waals surface area contributed by atoms with Crippen LogP contribution in [0, 0.1) is 0 Å². The predicted molar refractivity (Wildman–Crippen MR) is 77.5 cm³/mol. The van der Waals surface area contributed by atoms with Gasteiger partial charge in [0.25, 0.3) is 0 Å². The fourth-order valence-electron chi connectivity index (χ4n) is 2.83. The topological polar surface area (TPSA) is 29.9 Å². The molecular formula is C16H21N3. The smallest absolute Gasteiger partial charge is 0.0994 e. The van der Waals surface area contributed by atoms with Crippen LogP contribution in [0.2, 0.25) is 0 Å². The van der Waals surface area contributed by atoms with Crippen molar-refractivity contribution in [3.05, 3.63) is 48.0 Å². The van der Waals surface area contributed by atoms with Crippen LogP contribution in [0.15, 0.2) is 36.8 Å². The molecule has 1 N–H and O–H groups in total. The molecule has 0 bridgehead atoms. The third-order valence-corrected chi connectivity index (χ3v) is 3.84. The van der Waals surface area contributed by atoms with Crippen LogP contribution >= 0.6 is 0 Å². The van der Waals surface area contributed by atoms with Gasteiger partial charge in [0.2, 0.25) is 0 Å². The van der Waals surface area contributed by atoms with E-state index in [4.69, 9.17) is 0 Å². The summed E-state index contributed by atoms with van der Waals surface area (Å²) < 4.78 is 2.21. The lowest BCUT2D eigenvalue weighted by atomic mass is 10.1. The van der Waals surface area contributed by atoms with Crippen molar-refractivity contribution in [3.8, 4) is 5.69 Å². The van der Waals surface area contributed by atoms with Crippen molar-refractivity contribution in [2.24, 2.45) is 0 Å². The Kier molecular flexibility index (Phi) is 3.65. The third kappa shape index (κ3) is 2.56. The summed E-state index contributed by atoms with van der Waals surface area (Å²) in [5, 5.41) is 3.54. The molecule has 1 aromatic heterocycles. The van der Waals surface area contributed by atoms with Gasteiger partial charge in [-0.3, -0.25) is 0 Å². The Labute approximate surface area is 114 Å². The summed E-state index contributed by atoms with van der Waals surface area (Å²) in [6, 6.07) is 9.31. The minimum Gasteiger partial charge on any atom is -0.309 e. The van der Waals surface area contributed by atoms with Gasteiger partial charge in [-0.1, -0.05) is 25.5 Å². The Morgan fingerprint density at radius 2 is 2.16 bits per heavy atom. The third-order valence-electron chi connectivity index (χ3n) is 3.84. The standard InChI is InChI=1S/C16H21N3/c1-2-4-13-6-8-14(9-7-13)19-12-17-11-16(19)15-5-3-10-18-15/h6-9,11-12,15,18H,2-5,10H2,1H3. The van der Waals surface area contributed by atoms with Crippen LogP contribution in [0.3, 0.4) is 0 Å². The molecule has 3 rings (SSSR count). The highest BCUT2D eigenvalue weighted by atomic mass is 15.1. The van der Waals surface area contributed by atoms with E-state index in [0.717, 1.165) is 13.0 Å². The van der Waals surface area contributed by atoms with Crippen LogP contribution in [-0.4, -0.2) is 16.1 Å². The lowest BCUT2D eigenvalue weighted by molar-refractivity contribution is 0.615. The van der Waals surface area contributed by atoms with Crippen molar-refractivity contribution in [1.29, 1.82) is 0 Å². The molecule has 1 unspecified atom stereocenters. The van der Waals surface area contributed by atoms with E-state index < -0.39 is 0 Å². The summed E-state index contributed by atoms with van der Waals surface area (Å²) in [6.45, 7) is 3.33. The summed E-state index contributed by atoms with van der Waals surface area (Å²) in [5.74, 6) is 0. The first-order valence-electron chi connectivity index (χ1n) is 7.23. The van der Waals surface area contributed by atoms with Crippen LogP contribution < -0.4 is 5.32 Å². The summed E-state index contributed by atoms with van der Waals surface area (Å²) in [4.78, 5) is 4.32. The summed E-state index contributed by atoms with van der Waals surface area (Å²) in [6.07, 6.45) is 8.72. The summed E-state index contributed by atoms with van der Waals surface area (Å²) in [7, 11) is 0. The Balaban J connectivity index is 1.87. The molecule has 100 valence electrons. The normalized spacial score (nSPS) is 18.9. The number of rotatable bonds is 4. The Hall–Kier alpha value is -1.61. The molecule has 1 aliphatic rings. The molecule has 3 heteroatoms. The fourth-order valence-corrected chi connectivity index (χ4v) is 2.83. The Bertz CT molecular complexity index is 521. The first-order chi connectivity index (χ1) is 9.38. The van der Waals surface area contributed by atoms with E-state index in [2.05, 4.69) is 46.1 Å². The van der Waals surface area contributed by atoms with Gasteiger partial charge in [0, 0.05) is 11.7 Å². The second kappa shape index (κ2) is 5.57. The van der Waals surface area contributed by atoms with Crippen LogP contribution in [0.5, 0.6) is 0 Å². The second-order valence-electron chi connectivity index (χ2n) is 5.25. The fraction of sp³-hybridized carbons (Fsp3) is 0.438. The van der Waals surface area contributed by atoms with Gasteiger partial charge in [0.1, 0.15) is 0 Å². The zero-order valence-corrected chi connectivity index (χ0v) is 11.5. The van der Waals surface area contributed by atoms with Gasteiger partial charge < -0.3 is 9.88 Å². The molecule has 1 saturated heterocycles. The second-order valence-corrected chi connectivity index (χ2v) is 5.25. The number of aromatic nitrogens is 2. The number of imidazole rings is 1. The van der Waals surface area contributed by atoms with Crippen molar-refractivity contribution in [1.82, 2.24) is 14.9 Å². The molecule has 2 aromatic rings. The zero-order valence-electron chi connectivity index (χ0n) is 11.5. The number of benzene rings is 1. The molecule has 1 aliphatic heterocycles. The average Bonchev–Trinajstić information content (AvgIpc) is 3.11. The molecule has 1 aromatic carbocycles. The van der Waals surface area contributed by atoms with E-state index in [1.165, 1.54) is 36.2 Å². The molecule has 19 heavy (non-hydrogen) atoms. The van der Waals surface area contributed by atoms with Crippen molar-refractivity contribution in [2.45, 2.75) is 38.6 Å². The quantitative estimate of drug-likeness (QED) is 0.909. The average molecular weight is 255 g/mol. The number of hydrogen-bond donors (Lipinski definition) is 1. The number of hydrogen-bond acceptors (Lipinski definition) is 2. The van der Waals surface area contributed by atoms with Gasteiger partial charge in [0.15, 0.2) is 0 Å². The van der Waals surface area contributed by atoms with Gasteiger partial charge in [-0.05, 0) is 43.5 Å². The molecule has 1 fully saturated rings. The molecule has 1 atom stereocenters. The van der Waals surface area contributed by atoms with Crippen molar-refractivity contribution in [2.75, 3.05) is 6.54 Å². The molecular weight excluding hydrogens is 234 g/mol. The minimum absolute atomic E-state index is 0.456. The number of nitrogens with zero attached hydrogens (tertiary/aromatic N) is 2. The highest BCUT2D eigenvalue weighted by molar-refractivity contribution is 5.37. The minimum atomic E-state index is 0.456. The van der Waals surface area contributed by atoms with E-state index >= 15 is 0 Å². The van der Waals surface area contributed by atoms with E-state index in [1.54, 1.807) is 0 Å². The largest absolute Gasteiger partial charge is 0.309 e. The lowest BCUT2D eigenvalue weighted by Crippen LogP contribution is -2.16. The molecule has 0 spiro atoms. The van der Waals surface area contributed by atoms with Gasteiger partial charge in [0.05, 0.1) is 18.2 Å². The maximum atomic E-state index is 4.32. The van der Waals surface area contributed by atoms with Crippen molar-refractivity contribution >= 4 is 0 Å². The summed E-state index contributed by atoms with van der Waals surface area (Å²) in [5.41, 5.74) is 3.90. The van der Waals surface area contributed by atoms with Crippen LogP contribution in [0.4, 0.5) is 0 Å². The Morgan fingerprint density at radius 3 is 2.84 bits per heavy atom. The molecule has 2 heterocycles. The number of nitrogens with one attached hydrogen (secondary N) is 1. The van der Waals surface area contributed by atoms with Crippen molar-refractivity contribution in [3.63, 3.8) is 0 Å². The maximum absolute atomic E-state index is 4.32. The van der Waals surface area contributed by atoms with E-state index in [0.29, 0.717) is 6.04 Å². The van der Waals surface area contributed by atoms with Gasteiger partial charge in [-0.15, -0.1) is 0 Å². The van der Waals surface area contributed by atoms with E-state index in [1.807, 2.05) is 12.5 Å². The highest BCUT2D eigenvalue weighted by Crippen LogP contribution is 2.25. The van der Waals surface area contributed by atoms with Crippen LogP contribution in [-0.2, 0) is 6.42 Å². The lowest BCUT2D eigenvalue weighted by Gasteiger charge is -2.14. The Morgan fingerprint density at radius 1 is 1.32 bits per heavy atom. The molecule has 0 amide bonds. The van der Waals surface area contributed by atoms with Crippen LogP contribution in [0.25, 0.3) is 5.69 Å². The van der Waals surface area contributed by atoms with Gasteiger partial charge >= 0.3 is 0 Å². The SMILES string of the molecule is CCCc1ccc(-n2cncc2C2CCCN2)cc1. The summed E-state index contributed by atoms with van der Waals surface area (Å²) >= 11 is 0.